The lowest BCUT2D eigenvalue weighted by Gasteiger charge is -2.30. The first kappa shape index (κ1) is 25.1. The zero-order valence-electron chi connectivity index (χ0n) is 20.6. The number of aromatic nitrogens is 4. The van der Waals surface area contributed by atoms with Gasteiger partial charge in [-0.05, 0) is 56.9 Å². The molecule has 11 heteroatoms. The molecule has 1 unspecified atom stereocenters. The first-order chi connectivity index (χ1) is 17.7. The topological polar surface area (TPSA) is 88.3 Å². The lowest BCUT2D eigenvalue weighted by atomic mass is 9.93. The number of aliphatic hydroxyl groups is 1. The highest BCUT2D eigenvalue weighted by Crippen LogP contribution is 2.39. The van der Waals surface area contributed by atoms with E-state index in [1.807, 2.05) is 29.9 Å². The third-order valence-corrected chi connectivity index (χ3v) is 6.78. The molecule has 1 aliphatic carbocycles. The van der Waals surface area contributed by atoms with Crippen molar-refractivity contribution in [3.63, 3.8) is 0 Å². The molecule has 0 spiro atoms. The molecule has 37 heavy (non-hydrogen) atoms. The van der Waals surface area contributed by atoms with E-state index in [0.29, 0.717) is 25.7 Å². The number of anilines is 1. The molecule has 1 aliphatic heterocycles. The van der Waals surface area contributed by atoms with Crippen LogP contribution in [-0.2, 0) is 6.18 Å². The van der Waals surface area contributed by atoms with E-state index >= 15 is 0 Å². The molecule has 5 rings (SSSR count). The number of hydrogen-bond donors (Lipinski definition) is 2. The van der Waals surface area contributed by atoms with Gasteiger partial charge < -0.3 is 20.1 Å². The Hall–Kier alpha value is -3.60. The summed E-state index contributed by atoms with van der Waals surface area (Å²) in [6.07, 6.45) is 5.29. The number of allylic oxidation sites excluding steroid dienone is 2. The molecular weight excluding hydrogens is 485 g/mol. The highest BCUT2D eigenvalue weighted by atomic mass is 19.4. The number of hydrogen-bond acceptors (Lipinski definition) is 7. The standard InChI is InChI=1S/C26H29F3N6O2/c1-3-30-22-14-20-19(15-32-22)24(16-10-12-34(2)23(36)13-16)33-35(20)17-6-8-18(9-7-17)37-21-5-4-11-31-25(21)26(27,28)29/h4-5,10-15,17-18,23,36H,3,6-9H2,1-2H3,(H,30,32). The Morgan fingerprint density at radius 3 is 2.68 bits per heavy atom. The summed E-state index contributed by atoms with van der Waals surface area (Å²) in [5.74, 6) is 0.509. The van der Waals surface area contributed by atoms with Gasteiger partial charge in [0.25, 0.3) is 0 Å². The number of rotatable bonds is 6. The Bertz CT molecular complexity index is 1330. The van der Waals surface area contributed by atoms with Crippen LogP contribution >= 0.6 is 0 Å². The summed E-state index contributed by atoms with van der Waals surface area (Å²) >= 11 is 0. The van der Waals surface area contributed by atoms with E-state index in [4.69, 9.17) is 9.84 Å². The fraction of sp³-hybridized carbons (Fsp3) is 0.423. The number of fused-ring (bicyclic) bond motifs is 1. The molecule has 196 valence electrons. The van der Waals surface area contributed by atoms with Gasteiger partial charge in [-0.1, -0.05) is 0 Å². The molecule has 2 N–H and O–H groups in total. The maximum Gasteiger partial charge on any atom is 0.437 e. The minimum atomic E-state index is -4.57. The van der Waals surface area contributed by atoms with Crippen molar-refractivity contribution >= 4 is 22.3 Å². The molecule has 3 aromatic rings. The molecule has 0 amide bonds. The van der Waals surface area contributed by atoms with Crippen LogP contribution in [0.25, 0.3) is 16.5 Å². The van der Waals surface area contributed by atoms with E-state index in [9.17, 15) is 18.3 Å². The monoisotopic (exact) mass is 514 g/mol. The van der Waals surface area contributed by atoms with Gasteiger partial charge in [0.15, 0.2) is 11.4 Å². The largest absolute Gasteiger partial charge is 0.488 e. The van der Waals surface area contributed by atoms with Gasteiger partial charge >= 0.3 is 6.18 Å². The van der Waals surface area contributed by atoms with E-state index in [0.717, 1.165) is 40.7 Å². The molecule has 1 atom stereocenters. The molecule has 0 radical (unpaired) electrons. The van der Waals surface area contributed by atoms with Gasteiger partial charge in [-0.25, -0.2) is 9.97 Å². The van der Waals surface area contributed by atoms with Crippen molar-refractivity contribution in [2.24, 2.45) is 0 Å². The minimum Gasteiger partial charge on any atom is -0.488 e. The summed E-state index contributed by atoms with van der Waals surface area (Å²) in [5.41, 5.74) is 1.46. The summed E-state index contributed by atoms with van der Waals surface area (Å²) in [4.78, 5) is 9.70. The molecule has 8 nitrogen and oxygen atoms in total. The van der Waals surface area contributed by atoms with E-state index in [1.165, 1.54) is 12.1 Å². The highest BCUT2D eigenvalue weighted by molar-refractivity contribution is 5.94. The van der Waals surface area contributed by atoms with Crippen molar-refractivity contribution in [2.45, 2.75) is 57.2 Å². The first-order valence-corrected chi connectivity index (χ1v) is 12.4. The summed E-state index contributed by atoms with van der Waals surface area (Å²) < 4.78 is 47.8. The molecule has 3 aromatic heterocycles. The van der Waals surface area contributed by atoms with Crippen LogP contribution < -0.4 is 10.1 Å². The van der Waals surface area contributed by atoms with Crippen LogP contribution in [0.1, 0.15) is 50.0 Å². The summed E-state index contributed by atoms with van der Waals surface area (Å²) in [5, 5.41) is 19.4. The van der Waals surface area contributed by atoms with E-state index < -0.39 is 18.1 Å². The maximum atomic E-state index is 13.3. The van der Waals surface area contributed by atoms with Crippen LogP contribution in [0.15, 0.2) is 48.9 Å². The van der Waals surface area contributed by atoms with Crippen LogP contribution in [-0.4, -0.2) is 55.7 Å². The van der Waals surface area contributed by atoms with Crippen molar-refractivity contribution in [3.05, 3.63) is 60.3 Å². The van der Waals surface area contributed by atoms with Crippen LogP contribution in [0.3, 0.4) is 0 Å². The SMILES string of the molecule is CCNc1cc2c(cn1)c(C1=CC(O)N(C)C=C1)nn2C1CCC(Oc2cccnc2C(F)(F)F)CC1. The number of alkyl halides is 3. The Labute approximate surface area is 212 Å². The minimum absolute atomic E-state index is 0.0460. The van der Waals surface area contributed by atoms with Gasteiger partial charge in [0.2, 0.25) is 0 Å². The highest BCUT2D eigenvalue weighted by Gasteiger charge is 2.37. The van der Waals surface area contributed by atoms with Crippen LogP contribution in [0.5, 0.6) is 5.75 Å². The van der Waals surface area contributed by atoms with Crippen molar-refractivity contribution in [1.29, 1.82) is 0 Å². The Morgan fingerprint density at radius 2 is 1.97 bits per heavy atom. The lowest BCUT2D eigenvalue weighted by Crippen LogP contribution is -2.27. The Kier molecular flexibility index (Phi) is 6.80. The van der Waals surface area contributed by atoms with Crippen molar-refractivity contribution in [1.82, 2.24) is 24.6 Å². The van der Waals surface area contributed by atoms with Gasteiger partial charge in [-0.3, -0.25) is 4.68 Å². The van der Waals surface area contributed by atoms with Gasteiger partial charge in [0.05, 0.1) is 17.7 Å². The van der Waals surface area contributed by atoms with Gasteiger partial charge in [-0.15, -0.1) is 0 Å². The smallest absolute Gasteiger partial charge is 0.437 e. The number of aliphatic hydroxyl groups excluding tert-OH is 1. The third kappa shape index (κ3) is 5.13. The van der Waals surface area contributed by atoms with E-state index in [1.54, 1.807) is 24.2 Å². The molecule has 0 saturated heterocycles. The average Bonchev–Trinajstić information content (AvgIpc) is 3.25. The van der Waals surface area contributed by atoms with Crippen LogP contribution in [0.4, 0.5) is 19.0 Å². The van der Waals surface area contributed by atoms with Crippen molar-refractivity contribution < 1.29 is 23.0 Å². The molecule has 1 saturated carbocycles. The zero-order valence-corrected chi connectivity index (χ0v) is 20.6. The van der Waals surface area contributed by atoms with E-state index in [-0.39, 0.29) is 17.9 Å². The fourth-order valence-corrected chi connectivity index (χ4v) is 4.86. The zero-order chi connectivity index (χ0) is 26.2. The summed E-state index contributed by atoms with van der Waals surface area (Å²) in [7, 11) is 1.79. The molecule has 1 fully saturated rings. The molecule has 2 aliphatic rings. The van der Waals surface area contributed by atoms with Gasteiger partial charge in [0, 0.05) is 49.2 Å². The predicted octanol–water partition coefficient (Wildman–Crippen LogP) is 5.00. The number of ether oxygens (including phenoxy) is 1. The average molecular weight is 515 g/mol. The maximum absolute atomic E-state index is 13.3. The quantitative estimate of drug-likeness (QED) is 0.479. The van der Waals surface area contributed by atoms with Gasteiger partial charge in [0.1, 0.15) is 17.7 Å². The number of pyridine rings is 2. The molecular formula is C26H29F3N6O2. The van der Waals surface area contributed by atoms with Crippen molar-refractivity contribution in [3.8, 4) is 5.75 Å². The number of nitrogens with one attached hydrogen (secondary N) is 1. The Morgan fingerprint density at radius 1 is 1.19 bits per heavy atom. The number of likely N-dealkylation sites (N-methyl/N-ethyl adjacent to an activating group) is 1. The lowest BCUT2D eigenvalue weighted by molar-refractivity contribution is -0.143. The fourth-order valence-electron chi connectivity index (χ4n) is 4.86. The van der Waals surface area contributed by atoms with E-state index in [2.05, 4.69) is 15.3 Å². The molecule has 4 heterocycles. The normalized spacial score (nSPS) is 22.3. The van der Waals surface area contributed by atoms with Crippen molar-refractivity contribution in [2.75, 3.05) is 18.9 Å². The summed E-state index contributed by atoms with van der Waals surface area (Å²) in [6.45, 7) is 2.72. The second kappa shape index (κ2) is 10.0. The second-order valence-corrected chi connectivity index (χ2v) is 9.32. The summed E-state index contributed by atoms with van der Waals surface area (Å²) in [6, 6.07) is 4.79. The second-order valence-electron chi connectivity index (χ2n) is 9.32. The molecule has 0 bridgehead atoms. The molecule has 0 aromatic carbocycles. The Balaban J connectivity index is 1.40. The first-order valence-electron chi connectivity index (χ1n) is 12.4. The number of halogens is 3. The third-order valence-electron chi connectivity index (χ3n) is 6.78. The predicted molar refractivity (Wildman–Crippen MR) is 134 cm³/mol. The van der Waals surface area contributed by atoms with Crippen LogP contribution in [0.2, 0.25) is 0 Å². The van der Waals surface area contributed by atoms with Crippen LogP contribution in [0, 0.1) is 0 Å². The number of nitrogens with zero attached hydrogens (tertiary/aromatic N) is 5. The van der Waals surface area contributed by atoms with Gasteiger partial charge in [-0.2, -0.15) is 18.3 Å².